The highest BCUT2D eigenvalue weighted by Gasteiger charge is 2.34. The van der Waals surface area contributed by atoms with Crippen molar-refractivity contribution in [1.82, 2.24) is 10.6 Å². The summed E-state index contributed by atoms with van der Waals surface area (Å²) in [5.41, 5.74) is 7.19. The van der Waals surface area contributed by atoms with E-state index >= 15 is 0 Å². The minimum atomic E-state index is -0.989. The van der Waals surface area contributed by atoms with Crippen molar-refractivity contribution in [3.63, 3.8) is 0 Å². The first-order valence-corrected chi connectivity index (χ1v) is 11.0. The number of ketones is 1. The Balaban J connectivity index is 1.68. The molecule has 174 valence electrons. The van der Waals surface area contributed by atoms with Gasteiger partial charge in [-0.1, -0.05) is 60.7 Å². The van der Waals surface area contributed by atoms with Crippen LogP contribution in [0.25, 0.3) is 0 Å². The molecule has 3 rings (SSSR count). The number of benzene rings is 2. The SMILES string of the molecule is NC(=O)[C@@H](NC(=O)[C@H](Cc1ccccc1)NC(=O)OCc1ccccc1)[C@@H]1CCCC(=O)C1. The summed E-state index contributed by atoms with van der Waals surface area (Å²) in [4.78, 5) is 49.5. The standard InChI is InChI=1S/C25H29N3O5/c26-23(30)22(19-12-7-13-20(29)15-19)28-24(31)21(14-17-8-3-1-4-9-17)27-25(32)33-16-18-10-5-2-6-11-18/h1-6,8-11,19,21-22H,7,12-16H2,(H2,26,30)(H,27,32)(H,28,31)/t19-,21+,22+/m1/s1. The lowest BCUT2D eigenvalue weighted by Crippen LogP contribution is -2.56. The molecular formula is C25H29N3O5. The van der Waals surface area contributed by atoms with Crippen LogP contribution in [0.5, 0.6) is 0 Å². The fraction of sp³-hybridized carbons (Fsp3) is 0.360. The summed E-state index contributed by atoms with van der Waals surface area (Å²) in [6.07, 6.45) is 1.39. The third kappa shape index (κ3) is 7.45. The van der Waals surface area contributed by atoms with Gasteiger partial charge in [-0.05, 0) is 29.9 Å². The van der Waals surface area contributed by atoms with Crippen molar-refractivity contribution in [2.24, 2.45) is 11.7 Å². The van der Waals surface area contributed by atoms with E-state index in [-0.39, 0.29) is 31.1 Å². The number of nitrogens with one attached hydrogen (secondary N) is 2. The number of alkyl carbamates (subject to hydrolysis) is 1. The van der Waals surface area contributed by atoms with Crippen LogP contribution in [0.1, 0.15) is 36.8 Å². The van der Waals surface area contributed by atoms with Crippen LogP contribution in [-0.4, -0.2) is 35.8 Å². The Morgan fingerprint density at radius 3 is 2.21 bits per heavy atom. The molecule has 2 aromatic rings. The smallest absolute Gasteiger partial charge is 0.408 e. The highest BCUT2D eigenvalue weighted by Crippen LogP contribution is 2.24. The molecule has 1 saturated carbocycles. The third-order valence-corrected chi connectivity index (χ3v) is 5.70. The Morgan fingerprint density at radius 1 is 0.970 bits per heavy atom. The first kappa shape index (κ1) is 24.0. The predicted molar refractivity (Wildman–Crippen MR) is 122 cm³/mol. The average Bonchev–Trinajstić information content (AvgIpc) is 2.82. The highest BCUT2D eigenvalue weighted by molar-refractivity contribution is 5.91. The van der Waals surface area contributed by atoms with E-state index < -0.39 is 30.0 Å². The van der Waals surface area contributed by atoms with Gasteiger partial charge in [0.25, 0.3) is 0 Å². The Morgan fingerprint density at radius 2 is 1.61 bits per heavy atom. The zero-order chi connectivity index (χ0) is 23.6. The van der Waals surface area contributed by atoms with Gasteiger partial charge in [0.15, 0.2) is 0 Å². The van der Waals surface area contributed by atoms with Crippen molar-refractivity contribution in [2.75, 3.05) is 0 Å². The van der Waals surface area contributed by atoms with Crippen molar-refractivity contribution in [1.29, 1.82) is 0 Å². The highest BCUT2D eigenvalue weighted by atomic mass is 16.5. The maximum atomic E-state index is 13.1. The second kappa shape index (κ2) is 11.8. The van der Waals surface area contributed by atoms with Crippen LogP contribution in [-0.2, 0) is 32.1 Å². The molecule has 1 aliphatic rings. The Labute approximate surface area is 192 Å². The molecule has 3 amide bonds. The third-order valence-electron chi connectivity index (χ3n) is 5.70. The van der Waals surface area contributed by atoms with Gasteiger partial charge in [0.2, 0.25) is 11.8 Å². The van der Waals surface area contributed by atoms with Crippen LogP contribution < -0.4 is 16.4 Å². The molecule has 0 spiro atoms. The molecule has 1 fully saturated rings. The largest absolute Gasteiger partial charge is 0.445 e. The van der Waals surface area contributed by atoms with Crippen LogP contribution in [0.3, 0.4) is 0 Å². The number of carbonyl (C=O) groups excluding carboxylic acids is 4. The molecule has 3 atom stereocenters. The summed E-state index contributed by atoms with van der Waals surface area (Å²) in [6, 6.07) is 16.4. The first-order valence-electron chi connectivity index (χ1n) is 11.0. The van der Waals surface area contributed by atoms with E-state index in [1.807, 2.05) is 60.7 Å². The molecule has 0 saturated heterocycles. The molecule has 0 heterocycles. The zero-order valence-electron chi connectivity index (χ0n) is 18.4. The molecular weight excluding hydrogens is 422 g/mol. The second-order valence-electron chi connectivity index (χ2n) is 8.23. The molecule has 0 aliphatic heterocycles. The maximum Gasteiger partial charge on any atom is 0.408 e. The van der Waals surface area contributed by atoms with Gasteiger partial charge in [0.05, 0.1) is 0 Å². The number of carbonyl (C=O) groups is 4. The van der Waals surface area contributed by atoms with Gasteiger partial charge in [-0.25, -0.2) is 4.79 Å². The summed E-state index contributed by atoms with van der Waals surface area (Å²) in [5.74, 6) is -1.56. The van der Waals surface area contributed by atoms with Crippen LogP contribution in [0, 0.1) is 5.92 Å². The number of hydrogen-bond acceptors (Lipinski definition) is 5. The Hall–Kier alpha value is -3.68. The minimum absolute atomic E-state index is 0.0511. The van der Waals surface area contributed by atoms with Crippen LogP contribution in [0.2, 0.25) is 0 Å². The first-order chi connectivity index (χ1) is 15.9. The van der Waals surface area contributed by atoms with E-state index in [4.69, 9.17) is 10.5 Å². The number of amides is 3. The molecule has 0 radical (unpaired) electrons. The predicted octanol–water partition coefficient (Wildman–Crippen LogP) is 2.25. The Bertz CT molecular complexity index is 965. The van der Waals surface area contributed by atoms with Crippen molar-refractivity contribution < 1.29 is 23.9 Å². The van der Waals surface area contributed by atoms with Crippen molar-refractivity contribution >= 4 is 23.7 Å². The van der Waals surface area contributed by atoms with Gasteiger partial charge in [-0.3, -0.25) is 14.4 Å². The maximum absolute atomic E-state index is 13.1. The number of ether oxygens (including phenoxy) is 1. The summed E-state index contributed by atoms with van der Waals surface area (Å²) >= 11 is 0. The monoisotopic (exact) mass is 451 g/mol. The molecule has 33 heavy (non-hydrogen) atoms. The zero-order valence-corrected chi connectivity index (χ0v) is 18.4. The van der Waals surface area contributed by atoms with Crippen LogP contribution >= 0.6 is 0 Å². The normalized spacial score (nSPS) is 17.5. The van der Waals surface area contributed by atoms with Gasteiger partial charge in [-0.2, -0.15) is 0 Å². The quantitative estimate of drug-likeness (QED) is 0.539. The van der Waals surface area contributed by atoms with Gasteiger partial charge < -0.3 is 21.1 Å². The minimum Gasteiger partial charge on any atom is -0.445 e. The topological polar surface area (TPSA) is 128 Å². The van der Waals surface area contributed by atoms with Gasteiger partial charge >= 0.3 is 6.09 Å². The number of nitrogens with two attached hydrogens (primary N) is 1. The Kier molecular flexibility index (Phi) is 8.57. The van der Waals surface area contributed by atoms with E-state index in [2.05, 4.69) is 10.6 Å². The second-order valence-corrected chi connectivity index (χ2v) is 8.23. The molecule has 0 aromatic heterocycles. The number of Topliss-reactive ketones (excluding diaryl/α,β-unsaturated/α-hetero) is 1. The molecule has 1 aliphatic carbocycles. The summed E-state index contributed by atoms with van der Waals surface area (Å²) < 4.78 is 5.26. The van der Waals surface area contributed by atoms with E-state index in [1.165, 1.54) is 0 Å². The summed E-state index contributed by atoms with van der Waals surface area (Å²) in [7, 11) is 0. The number of rotatable bonds is 9. The summed E-state index contributed by atoms with van der Waals surface area (Å²) in [5, 5.41) is 5.27. The fourth-order valence-electron chi connectivity index (χ4n) is 3.98. The lowest BCUT2D eigenvalue weighted by atomic mass is 9.82. The van der Waals surface area contributed by atoms with Gasteiger partial charge in [0, 0.05) is 19.3 Å². The van der Waals surface area contributed by atoms with Gasteiger partial charge in [-0.15, -0.1) is 0 Å². The summed E-state index contributed by atoms with van der Waals surface area (Å²) in [6.45, 7) is 0.0560. The molecule has 8 nitrogen and oxygen atoms in total. The van der Waals surface area contributed by atoms with Crippen molar-refractivity contribution in [3.8, 4) is 0 Å². The molecule has 2 aromatic carbocycles. The van der Waals surface area contributed by atoms with Crippen molar-refractivity contribution in [2.45, 2.75) is 50.8 Å². The van der Waals surface area contributed by atoms with E-state index in [9.17, 15) is 19.2 Å². The molecule has 4 N–H and O–H groups in total. The van der Waals surface area contributed by atoms with Crippen LogP contribution in [0.15, 0.2) is 60.7 Å². The number of primary amides is 1. The lowest BCUT2D eigenvalue weighted by molar-refractivity contribution is -0.131. The van der Waals surface area contributed by atoms with E-state index in [0.29, 0.717) is 19.3 Å². The average molecular weight is 452 g/mol. The fourth-order valence-corrected chi connectivity index (χ4v) is 3.98. The molecule has 0 unspecified atom stereocenters. The number of hydrogen-bond donors (Lipinski definition) is 3. The van der Waals surface area contributed by atoms with E-state index in [0.717, 1.165) is 11.1 Å². The molecule has 8 heteroatoms. The van der Waals surface area contributed by atoms with E-state index in [1.54, 1.807) is 0 Å². The van der Waals surface area contributed by atoms with Crippen LogP contribution in [0.4, 0.5) is 4.79 Å². The molecule has 0 bridgehead atoms. The lowest BCUT2D eigenvalue weighted by Gasteiger charge is -2.29. The van der Waals surface area contributed by atoms with Gasteiger partial charge in [0.1, 0.15) is 24.5 Å². The van der Waals surface area contributed by atoms with Crippen molar-refractivity contribution in [3.05, 3.63) is 71.8 Å².